The van der Waals surface area contributed by atoms with Crippen LogP contribution in [0.1, 0.15) is 39.5 Å². The van der Waals surface area contributed by atoms with Crippen LogP contribution in [0.15, 0.2) is 0 Å². The van der Waals surface area contributed by atoms with Crippen molar-refractivity contribution in [1.82, 2.24) is 0 Å². The van der Waals surface area contributed by atoms with Crippen LogP contribution in [0, 0.1) is 11.8 Å². The van der Waals surface area contributed by atoms with E-state index < -0.39 is 11.2 Å². The van der Waals surface area contributed by atoms with Gasteiger partial charge in [0.05, 0.1) is 11.2 Å². The van der Waals surface area contributed by atoms with Crippen molar-refractivity contribution in [2.45, 2.75) is 50.7 Å². The normalized spacial score (nSPS) is 59.0. The molecule has 2 saturated carbocycles. The van der Waals surface area contributed by atoms with Crippen LogP contribution in [0.3, 0.4) is 0 Å². The van der Waals surface area contributed by atoms with E-state index >= 15 is 0 Å². The lowest BCUT2D eigenvalue weighted by Gasteiger charge is -2.23. The second-order valence-electron chi connectivity index (χ2n) is 5.22. The lowest BCUT2D eigenvalue weighted by Crippen LogP contribution is -2.30. The van der Waals surface area contributed by atoms with E-state index in [-0.39, 0.29) is 0 Å². The van der Waals surface area contributed by atoms with E-state index in [4.69, 9.17) is 0 Å². The third kappa shape index (κ3) is 1.17. The van der Waals surface area contributed by atoms with Crippen LogP contribution < -0.4 is 0 Å². The monoisotopic (exact) mass is 170 g/mol. The summed E-state index contributed by atoms with van der Waals surface area (Å²) in [6.45, 7) is 4.03. The minimum absolute atomic E-state index is 0.350. The van der Waals surface area contributed by atoms with Gasteiger partial charge in [-0.05, 0) is 38.0 Å². The SMILES string of the molecule is CC1CC2CC(C)(O)CC2(O)C1. The molecule has 2 fully saturated rings. The highest BCUT2D eigenvalue weighted by Crippen LogP contribution is 2.53. The second-order valence-corrected chi connectivity index (χ2v) is 5.22. The molecule has 0 heterocycles. The van der Waals surface area contributed by atoms with E-state index in [1.165, 1.54) is 0 Å². The minimum atomic E-state index is -0.612. The van der Waals surface area contributed by atoms with Crippen LogP contribution in [0.4, 0.5) is 0 Å². The van der Waals surface area contributed by atoms with Gasteiger partial charge in [0.1, 0.15) is 0 Å². The Balaban J connectivity index is 2.17. The lowest BCUT2D eigenvalue weighted by atomic mass is 9.94. The molecule has 0 amide bonds. The Morgan fingerprint density at radius 3 is 2.50 bits per heavy atom. The Labute approximate surface area is 73.6 Å². The quantitative estimate of drug-likeness (QED) is 0.575. The zero-order chi connectivity index (χ0) is 8.98. The van der Waals surface area contributed by atoms with Gasteiger partial charge in [0.2, 0.25) is 0 Å². The molecular weight excluding hydrogens is 152 g/mol. The number of hydrogen-bond acceptors (Lipinski definition) is 2. The highest BCUT2D eigenvalue weighted by Gasteiger charge is 2.54. The summed E-state index contributed by atoms with van der Waals surface area (Å²) in [4.78, 5) is 0. The first-order valence-electron chi connectivity index (χ1n) is 4.86. The number of fused-ring (bicyclic) bond motifs is 1. The fourth-order valence-corrected chi connectivity index (χ4v) is 3.31. The van der Waals surface area contributed by atoms with Crippen molar-refractivity contribution in [1.29, 1.82) is 0 Å². The maximum atomic E-state index is 10.2. The van der Waals surface area contributed by atoms with E-state index in [1.807, 2.05) is 6.92 Å². The van der Waals surface area contributed by atoms with Gasteiger partial charge in [-0.1, -0.05) is 6.92 Å². The van der Waals surface area contributed by atoms with Crippen LogP contribution in [0.25, 0.3) is 0 Å². The Hall–Kier alpha value is -0.0800. The Kier molecular flexibility index (Phi) is 1.59. The summed E-state index contributed by atoms with van der Waals surface area (Å²) in [5.41, 5.74) is -1.15. The van der Waals surface area contributed by atoms with Crippen LogP contribution in [-0.2, 0) is 0 Å². The summed E-state index contributed by atoms with van der Waals surface area (Å²) in [5.74, 6) is 0.985. The largest absolute Gasteiger partial charge is 0.390 e. The molecule has 0 saturated heterocycles. The summed E-state index contributed by atoms with van der Waals surface area (Å²) in [6, 6.07) is 0. The maximum absolute atomic E-state index is 10.2. The summed E-state index contributed by atoms with van der Waals surface area (Å²) in [7, 11) is 0. The average molecular weight is 170 g/mol. The van der Waals surface area contributed by atoms with E-state index in [0.29, 0.717) is 18.3 Å². The highest BCUT2D eigenvalue weighted by atomic mass is 16.3. The molecular formula is C10H18O2. The summed E-state index contributed by atoms with van der Waals surface area (Å²) in [5, 5.41) is 20.0. The molecule has 0 aromatic rings. The Bertz CT molecular complexity index is 200. The first-order chi connectivity index (χ1) is 5.41. The lowest BCUT2D eigenvalue weighted by molar-refractivity contribution is -0.00830. The van der Waals surface area contributed by atoms with Gasteiger partial charge < -0.3 is 10.2 Å². The molecule has 2 aliphatic rings. The van der Waals surface area contributed by atoms with Crippen LogP contribution in [0.2, 0.25) is 0 Å². The fourth-order valence-electron chi connectivity index (χ4n) is 3.31. The molecule has 0 radical (unpaired) electrons. The molecule has 0 spiro atoms. The Morgan fingerprint density at radius 1 is 1.25 bits per heavy atom. The van der Waals surface area contributed by atoms with E-state index in [1.54, 1.807) is 0 Å². The minimum Gasteiger partial charge on any atom is -0.390 e. The van der Waals surface area contributed by atoms with Gasteiger partial charge >= 0.3 is 0 Å². The molecule has 4 atom stereocenters. The first-order valence-corrected chi connectivity index (χ1v) is 4.86. The third-order valence-electron chi connectivity index (χ3n) is 3.52. The van der Waals surface area contributed by atoms with Gasteiger partial charge in [0, 0.05) is 6.42 Å². The molecule has 70 valence electrons. The number of aliphatic hydroxyl groups is 2. The molecule has 0 aromatic carbocycles. The van der Waals surface area contributed by atoms with E-state index in [0.717, 1.165) is 19.3 Å². The van der Waals surface area contributed by atoms with Crippen molar-refractivity contribution >= 4 is 0 Å². The first kappa shape index (κ1) is 8.52. The standard InChI is InChI=1S/C10H18O2/c1-7-3-8-5-9(2,11)6-10(8,12)4-7/h7-8,11-12H,3-6H2,1-2H3. The van der Waals surface area contributed by atoms with Crippen molar-refractivity contribution in [2.24, 2.45) is 11.8 Å². The fraction of sp³-hybridized carbons (Fsp3) is 1.00. The van der Waals surface area contributed by atoms with Crippen LogP contribution in [0.5, 0.6) is 0 Å². The predicted octanol–water partition coefficient (Wildman–Crippen LogP) is 1.31. The summed E-state index contributed by atoms with van der Waals surface area (Å²) >= 11 is 0. The van der Waals surface area contributed by atoms with E-state index in [9.17, 15) is 10.2 Å². The summed E-state index contributed by atoms with van der Waals surface area (Å²) in [6.07, 6.45) is 3.34. The van der Waals surface area contributed by atoms with Crippen molar-refractivity contribution in [3.63, 3.8) is 0 Å². The van der Waals surface area contributed by atoms with Gasteiger partial charge in [-0.2, -0.15) is 0 Å². The van der Waals surface area contributed by atoms with Crippen LogP contribution >= 0.6 is 0 Å². The van der Waals surface area contributed by atoms with Crippen molar-refractivity contribution in [3.05, 3.63) is 0 Å². The van der Waals surface area contributed by atoms with Gasteiger partial charge in [0.25, 0.3) is 0 Å². The highest BCUT2D eigenvalue weighted by molar-refractivity contribution is 5.06. The molecule has 2 heteroatoms. The van der Waals surface area contributed by atoms with Gasteiger partial charge in [-0.15, -0.1) is 0 Å². The van der Waals surface area contributed by atoms with Gasteiger partial charge in [0.15, 0.2) is 0 Å². The van der Waals surface area contributed by atoms with Gasteiger partial charge in [-0.3, -0.25) is 0 Å². The molecule has 2 rings (SSSR count). The van der Waals surface area contributed by atoms with Crippen molar-refractivity contribution in [2.75, 3.05) is 0 Å². The number of hydrogen-bond donors (Lipinski definition) is 2. The zero-order valence-electron chi connectivity index (χ0n) is 7.88. The molecule has 2 aliphatic carbocycles. The molecule has 0 aromatic heterocycles. The van der Waals surface area contributed by atoms with Crippen LogP contribution in [-0.4, -0.2) is 21.4 Å². The van der Waals surface area contributed by atoms with E-state index in [2.05, 4.69) is 6.92 Å². The van der Waals surface area contributed by atoms with Gasteiger partial charge in [-0.25, -0.2) is 0 Å². The molecule has 12 heavy (non-hydrogen) atoms. The summed E-state index contributed by atoms with van der Waals surface area (Å²) < 4.78 is 0. The average Bonchev–Trinajstić information content (AvgIpc) is 2.11. The topological polar surface area (TPSA) is 40.5 Å². The maximum Gasteiger partial charge on any atom is 0.0706 e. The third-order valence-corrected chi connectivity index (χ3v) is 3.52. The molecule has 2 N–H and O–H groups in total. The molecule has 0 bridgehead atoms. The van der Waals surface area contributed by atoms with Crippen molar-refractivity contribution in [3.8, 4) is 0 Å². The predicted molar refractivity (Wildman–Crippen MR) is 46.7 cm³/mol. The Morgan fingerprint density at radius 2 is 1.92 bits per heavy atom. The zero-order valence-corrected chi connectivity index (χ0v) is 7.88. The molecule has 0 aliphatic heterocycles. The molecule has 4 unspecified atom stereocenters. The number of rotatable bonds is 0. The molecule has 2 nitrogen and oxygen atoms in total. The van der Waals surface area contributed by atoms with Crippen molar-refractivity contribution < 1.29 is 10.2 Å². The second kappa shape index (κ2) is 2.24. The smallest absolute Gasteiger partial charge is 0.0706 e.